The van der Waals surface area contributed by atoms with Gasteiger partial charge in [0.1, 0.15) is 11.9 Å². The number of benzene rings is 1. The smallest absolute Gasteiger partial charge is 0.118 e. The second-order valence-electron chi connectivity index (χ2n) is 6.55. The van der Waals surface area contributed by atoms with Gasteiger partial charge in [-0.3, -0.25) is 0 Å². The van der Waals surface area contributed by atoms with Crippen LogP contribution in [0.15, 0.2) is 47.5 Å². The van der Waals surface area contributed by atoms with Crippen LogP contribution >= 0.6 is 15.9 Å². The zero-order chi connectivity index (χ0) is 18.4. The molecule has 4 nitrogen and oxygen atoms in total. The van der Waals surface area contributed by atoms with Crippen LogP contribution < -0.4 is 4.74 Å². The lowest BCUT2D eigenvalue weighted by atomic mass is 9.95. The Labute approximate surface area is 158 Å². The van der Waals surface area contributed by atoms with Gasteiger partial charge in [0.15, 0.2) is 0 Å². The van der Waals surface area contributed by atoms with E-state index in [1.54, 1.807) is 7.11 Å². The molecule has 1 aromatic carbocycles. The Morgan fingerprint density at radius 1 is 1.32 bits per heavy atom. The van der Waals surface area contributed by atoms with Crippen molar-refractivity contribution in [1.82, 2.24) is 0 Å². The molecule has 1 aliphatic rings. The number of aliphatic hydroxyl groups excluding tert-OH is 1. The first-order valence-electron chi connectivity index (χ1n) is 8.45. The second-order valence-corrected chi connectivity index (χ2v) is 7.68. The number of hydrogen-bond donors (Lipinski definition) is 1. The summed E-state index contributed by atoms with van der Waals surface area (Å²) < 4.78 is 17.3. The molecule has 138 valence electrons. The summed E-state index contributed by atoms with van der Waals surface area (Å²) in [5, 5.41) is 10.3. The summed E-state index contributed by atoms with van der Waals surface area (Å²) in [5.41, 5.74) is 2.08. The molecule has 4 unspecified atom stereocenters. The first-order chi connectivity index (χ1) is 11.9. The first kappa shape index (κ1) is 20.2. The Kier molecular flexibility index (Phi) is 7.69. The zero-order valence-electron chi connectivity index (χ0n) is 14.9. The molecule has 0 radical (unpaired) electrons. The predicted molar refractivity (Wildman–Crippen MR) is 103 cm³/mol. The highest BCUT2D eigenvalue weighted by Gasteiger charge is 2.44. The normalized spacial score (nSPS) is 21.4. The van der Waals surface area contributed by atoms with Crippen LogP contribution in [0.5, 0.6) is 5.75 Å². The Hall–Kier alpha value is -1.14. The van der Waals surface area contributed by atoms with Crippen LogP contribution in [-0.4, -0.2) is 37.1 Å². The van der Waals surface area contributed by atoms with E-state index in [0.717, 1.165) is 27.8 Å². The number of epoxide rings is 1. The van der Waals surface area contributed by atoms with Crippen molar-refractivity contribution < 1.29 is 19.3 Å². The maximum atomic E-state index is 10.3. The van der Waals surface area contributed by atoms with E-state index in [9.17, 15) is 5.11 Å². The second kappa shape index (κ2) is 9.53. The van der Waals surface area contributed by atoms with E-state index in [-0.39, 0.29) is 18.1 Å². The van der Waals surface area contributed by atoms with Crippen molar-refractivity contribution in [3.63, 3.8) is 0 Å². The first-order valence-corrected chi connectivity index (χ1v) is 9.25. The van der Waals surface area contributed by atoms with Crippen LogP contribution in [0.4, 0.5) is 0 Å². The molecule has 4 atom stereocenters. The maximum absolute atomic E-state index is 10.3. The molecule has 1 fully saturated rings. The molecule has 1 N–H and O–H groups in total. The van der Waals surface area contributed by atoms with Gasteiger partial charge < -0.3 is 19.3 Å². The van der Waals surface area contributed by atoms with Crippen LogP contribution in [0.3, 0.4) is 0 Å². The van der Waals surface area contributed by atoms with Crippen molar-refractivity contribution in [2.75, 3.05) is 13.7 Å². The number of rotatable bonds is 11. The lowest BCUT2D eigenvalue weighted by Gasteiger charge is -2.17. The van der Waals surface area contributed by atoms with Gasteiger partial charge in [-0.05, 0) is 28.6 Å². The standard InChI is InChI=1S/C20H27BrO4/c1-13(9-18(22)20-19(25-20)10-15(3)21)14(2)11-24-12-16-5-7-17(23-4)8-6-16/h5-8,14,18-20,22H,1,3,9-12H2,2,4H3. The van der Waals surface area contributed by atoms with Gasteiger partial charge in [-0.2, -0.15) is 0 Å². The van der Waals surface area contributed by atoms with Gasteiger partial charge in [-0.1, -0.05) is 53.7 Å². The summed E-state index contributed by atoms with van der Waals surface area (Å²) in [7, 11) is 1.65. The van der Waals surface area contributed by atoms with E-state index in [1.807, 2.05) is 24.3 Å². The number of ether oxygens (including phenoxy) is 3. The monoisotopic (exact) mass is 410 g/mol. The SMILES string of the molecule is C=C(Br)CC1OC1C(O)CC(=C)C(C)COCc1ccc(OC)cc1. The third-order valence-electron chi connectivity index (χ3n) is 4.39. The van der Waals surface area contributed by atoms with Crippen LogP contribution in [-0.2, 0) is 16.1 Å². The number of methoxy groups -OCH3 is 1. The molecule has 1 saturated heterocycles. The van der Waals surface area contributed by atoms with Gasteiger partial charge in [0.05, 0.1) is 32.5 Å². The molecule has 1 aliphatic heterocycles. The molecule has 0 aliphatic carbocycles. The molecule has 0 aromatic heterocycles. The fourth-order valence-corrected chi connectivity index (χ4v) is 2.98. The summed E-state index contributed by atoms with van der Waals surface area (Å²) in [6.45, 7) is 11.1. The molecular formula is C20H27BrO4. The topological polar surface area (TPSA) is 51.2 Å². The lowest BCUT2D eigenvalue weighted by molar-refractivity contribution is 0.0936. The average Bonchev–Trinajstić information content (AvgIpc) is 3.33. The van der Waals surface area contributed by atoms with Crippen molar-refractivity contribution in [3.8, 4) is 5.75 Å². The highest BCUT2D eigenvalue weighted by molar-refractivity contribution is 9.11. The van der Waals surface area contributed by atoms with Crippen LogP contribution in [0.1, 0.15) is 25.3 Å². The lowest BCUT2D eigenvalue weighted by Crippen LogP contribution is -2.20. The van der Waals surface area contributed by atoms with Crippen LogP contribution in [0.2, 0.25) is 0 Å². The highest BCUT2D eigenvalue weighted by Crippen LogP contribution is 2.34. The molecule has 2 rings (SSSR count). The van der Waals surface area contributed by atoms with Crippen molar-refractivity contribution in [2.24, 2.45) is 5.92 Å². The molecular weight excluding hydrogens is 384 g/mol. The fraction of sp³-hybridized carbons (Fsp3) is 0.500. The van der Waals surface area contributed by atoms with Crippen molar-refractivity contribution in [1.29, 1.82) is 0 Å². The number of hydrogen-bond acceptors (Lipinski definition) is 4. The summed E-state index contributed by atoms with van der Waals surface area (Å²) in [4.78, 5) is 0. The van der Waals surface area contributed by atoms with E-state index >= 15 is 0 Å². The van der Waals surface area contributed by atoms with E-state index < -0.39 is 6.10 Å². The Bertz CT molecular complexity index is 584. The fourth-order valence-electron chi connectivity index (χ4n) is 2.66. The van der Waals surface area contributed by atoms with Gasteiger partial charge in [-0.15, -0.1) is 0 Å². The molecule has 0 spiro atoms. The quantitative estimate of drug-likeness (QED) is 0.438. The highest BCUT2D eigenvalue weighted by atomic mass is 79.9. The zero-order valence-corrected chi connectivity index (χ0v) is 16.5. The number of aliphatic hydroxyl groups is 1. The van der Waals surface area contributed by atoms with E-state index in [2.05, 4.69) is 36.0 Å². The number of halogens is 1. The molecule has 0 bridgehead atoms. The minimum Gasteiger partial charge on any atom is -0.497 e. The van der Waals surface area contributed by atoms with Gasteiger partial charge >= 0.3 is 0 Å². The van der Waals surface area contributed by atoms with E-state index in [4.69, 9.17) is 14.2 Å². The van der Waals surface area contributed by atoms with Gasteiger partial charge in [0, 0.05) is 12.3 Å². The summed E-state index contributed by atoms with van der Waals surface area (Å²) in [6, 6.07) is 7.82. The van der Waals surface area contributed by atoms with E-state index in [0.29, 0.717) is 19.6 Å². The largest absolute Gasteiger partial charge is 0.497 e. The predicted octanol–water partition coefficient (Wildman–Crippen LogP) is 4.22. The van der Waals surface area contributed by atoms with Crippen LogP contribution in [0, 0.1) is 5.92 Å². The summed E-state index contributed by atoms with van der Waals surface area (Å²) in [5.74, 6) is 1.01. The molecule has 5 heteroatoms. The van der Waals surface area contributed by atoms with Crippen molar-refractivity contribution >= 4 is 15.9 Å². The Balaban J connectivity index is 1.67. The van der Waals surface area contributed by atoms with Crippen molar-refractivity contribution in [3.05, 3.63) is 53.0 Å². The third kappa shape index (κ3) is 6.59. The van der Waals surface area contributed by atoms with Crippen molar-refractivity contribution in [2.45, 2.75) is 44.7 Å². The van der Waals surface area contributed by atoms with Gasteiger partial charge in [-0.25, -0.2) is 0 Å². The van der Waals surface area contributed by atoms with Gasteiger partial charge in [0.2, 0.25) is 0 Å². The minimum atomic E-state index is -0.520. The summed E-state index contributed by atoms with van der Waals surface area (Å²) in [6.07, 6.45) is 0.695. The molecule has 0 saturated carbocycles. The summed E-state index contributed by atoms with van der Waals surface area (Å²) >= 11 is 3.32. The molecule has 25 heavy (non-hydrogen) atoms. The maximum Gasteiger partial charge on any atom is 0.118 e. The van der Waals surface area contributed by atoms with E-state index in [1.165, 1.54) is 0 Å². The molecule has 1 heterocycles. The molecule has 1 aromatic rings. The Morgan fingerprint density at radius 3 is 2.60 bits per heavy atom. The van der Waals surface area contributed by atoms with Gasteiger partial charge in [0.25, 0.3) is 0 Å². The van der Waals surface area contributed by atoms with Crippen LogP contribution in [0.25, 0.3) is 0 Å². The third-order valence-corrected chi connectivity index (χ3v) is 4.71. The average molecular weight is 411 g/mol. The Morgan fingerprint density at radius 2 is 2.00 bits per heavy atom. The molecule has 0 amide bonds. The minimum absolute atomic E-state index is 0.0660.